The Labute approximate surface area is 118 Å². The Hall–Kier alpha value is -0.290. The van der Waals surface area contributed by atoms with Gasteiger partial charge in [-0.25, -0.2) is 8.42 Å². The number of hydrogen-bond donors (Lipinski definition) is 1. The van der Waals surface area contributed by atoms with Crippen molar-refractivity contribution in [3.63, 3.8) is 0 Å². The molecular formula is C12H17Cl2NO2S. The van der Waals surface area contributed by atoms with E-state index in [0.29, 0.717) is 23.1 Å². The Morgan fingerprint density at radius 1 is 1.22 bits per heavy atom. The van der Waals surface area contributed by atoms with Crippen LogP contribution in [0.15, 0.2) is 18.2 Å². The minimum atomic E-state index is -3.08. The van der Waals surface area contributed by atoms with Crippen molar-refractivity contribution in [2.75, 3.05) is 12.8 Å². The first-order chi connectivity index (χ1) is 8.13. The molecule has 1 rings (SSSR count). The summed E-state index contributed by atoms with van der Waals surface area (Å²) in [6, 6.07) is 5.35. The molecule has 0 unspecified atom stereocenters. The topological polar surface area (TPSA) is 46.2 Å². The smallest absolute Gasteiger partial charge is 0.153 e. The van der Waals surface area contributed by atoms with E-state index in [4.69, 9.17) is 23.2 Å². The lowest BCUT2D eigenvalue weighted by molar-refractivity contribution is 0.521. The molecule has 1 aromatic rings. The Morgan fingerprint density at radius 2 is 1.83 bits per heavy atom. The molecule has 102 valence electrons. The van der Waals surface area contributed by atoms with Gasteiger partial charge in [0, 0.05) is 19.3 Å². The van der Waals surface area contributed by atoms with Crippen molar-refractivity contribution < 1.29 is 8.42 Å². The highest BCUT2D eigenvalue weighted by Gasteiger charge is 2.29. The SMILES string of the molecule is CC(C)(CNCc1ccc(Cl)c(Cl)c1)S(C)(=O)=O. The second kappa shape index (κ2) is 5.78. The first kappa shape index (κ1) is 15.8. The van der Waals surface area contributed by atoms with Crippen molar-refractivity contribution >= 4 is 33.0 Å². The average Bonchev–Trinajstić information content (AvgIpc) is 2.21. The first-order valence-corrected chi connectivity index (χ1v) is 8.12. The van der Waals surface area contributed by atoms with Crippen molar-refractivity contribution in [1.82, 2.24) is 5.32 Å². The molecule has 0 aromatic heterocycles. The predicted molar refractivity (Wildman–Crippen MR) is 77.1 cm³/mol. The van der Waals surface area contributed by atoms with Crippen LogP contribution in [0.4, 0.5) is 0 Å². The van der Waals surface area contributed by atoms with Crippen molar-refractivity contribution in [2.45, 2.75) is 25.1 Å². The second-order valence-corrected chi connectivity index (χ2v) is 8.35. The minimum absolute atomic E-state index is 0.381. The summed E-state index contributed by atoms with van der Waals surface area (Å²) in [5.41, 5.74) is 0.966. The summed E-state index contributed by atoms with van der Waals surface area (Å²) < 4.78 is 22.2. The zero-order chi connectivity index (χ0) is 14.0. The van der Waals surface area contributed by atoms with Crippen molar-refractivity contribution in [3.8, 4) is 0 Å². The van der Waals surface area contributed by atoms with Gasteiger partial charge in [-0.2, -0.15) is 0 Å². The third-order valence-electron chi connectivity index (χ3n) is 2.87. The number of nitrogens with one attached hydrogen (secondary N) is 1. The molecule has 0 saturated heterocycles. The maximum absolute atomic E-state index is 11.5. The van der Waals surface area contributed by atoms with Gasteiger partial charge < -0.3 is 5.32 Å². The number of sulfone groups is 1. The molecule has 18 heavy (non-hydrogen) atoms. The van der Waals surface area contributed by atoms with E-state index in [-0.39, 0.29) is 0 Å². The maximum atomic E-state index is 11.5. The Balaban J connectivity index is 2.60. The highest BCUT2D eigenvalue weighted by Crippen LogP contribution is 2.22. The van der Waals surface area contributed by atoms with Crippen LogP contribution in [0.2, 0.25) is 10.0 Å². The van der Waals surface area contributed by atoms with Crippen molar-refractivity contribution in [1.29, 1.82) is 0 Å². The Kier molecular flexibility index (Phi) is 5.06. The summed E-state index contributed by atoms with van der Waals surface area (Å²) in [4.78, 5) is 0. The van der Waals surface area contributed by atoms with Crippen LogP contribution in [0.3, 0.4) is 0 Å². The lowest BCUT2D eigenvalue weighted by atomic mass is 10.2. The van der Waals surface area contributed by atoms with E-state index in [2.05, 4.69) is 5.32 Å². The van der Waals surface area contributed by atoms with E-state index in [1.165, 1.54) is 6.26 Å². The minimum Gasteiger partial charge on any atom is -0.311 e. The summed E-state index contributed by atoms with van der Waals surface area (Å²) in [6.45, 7) is 4.33. The fourth-order valence-electron chi connectivity index (χ4n) is 1.29. The van der Waals surface area contributed by atoms with Crippen LogP contribution in [0, 0.1) is 0 Å². The molecule has 0 aliphatic rings. The molecule has 6 heteroatoms. The van der Waals surface area contributed by atoms with E-state index in [1.54, 1.807) is 26.0 Å². The highest BCUT2D eigenvalue weighted by molar-refractivity contribution is 7.92. The van der Waals surface area contributed by atoms with E-state index in [1.807, 2.05) is 6.07 Å². The number of rotatable bonds is 5. The van der Waals surface area contributed by atoms with E-state index >= 15 is 0 Å². The molecule has 0 fully saturated rings. The zero-order valence-corrected chi connectivity index (χ0v) is 13.0. The molecule has 0 radical (unpaired) electrons. The number of hydrogen-bond acceptors (Lipinski definition) is 3. The van der Waals surface area contributed by atoms with Crippen LogP contribution in [-0.4, -0.2) is 26.0 Å². The highest BCUT2D eigenvalue weighted by atomic mass is 35.5. The van der Waals surface area contributed by atoms with Gasteiger partial charge in [0.05, 0.1) is 14.8 Å². The standard InChI is InChI=1S/C12H17Cl2NO2S/c1-12(2,18(3,16)17)8-15-7-9-4-5-10(13)11(14)6-9/h4-6,15H,7-8H2,1-3H3. The average molecular weight is 310 g/mol. The quantitative estimate of drug-likeness (QED) is 0.909. The number of halogens is 2. The third kappa shape index (κ3) is 4.12. The molecule has 0 atom stereocenters. The van der Waals surface area contributed by atoms with Gasteiger partial charge in [-0.05, 0) is 31.5 Å². The Morgan fingerprint density at radius 3 is 2.33 bits per heavy atom. The summed E-state index contributed by atoms with van der Waals surface area (Å²) in [5.74, 6) is 0. The van der Waals surface area contributed by atoms with E-state index < -0.39 is 14.6 Å². The molecule has 1 aromatic carbocycles. The summed E-state index contributed by atoms with van der Waals surface area (Å²) in [5, 5.41) is 4.12. The normalized spacial score (nSPS) is 12.7. The largest absolute Gasteiger partial charge is 0.311 e. The van der Waals surface area contributed by atoms with Crippen LogP contribution in [-0.2, 0) is 16.4 Å². The molecule has 0 aliphatic heterocycles. The van der Waals surface area contributed by atoms with Gasteiger partial charge in [0.2, 0.25) is 0 Å². The Bertz CT molecular complexity index is 527. The van der Waals surface area contributed by atoms with E-state index in [0.717, 1.165) is 5.56 Å². The second-order valence-electron chi connectivity index (χ2n) is 4.88. The lowest BCUT2D eigenvalue weighted by Gasteiger charge is -2.22. The van der Waals surface area contributed by atoms with Gasteiger partial charge >= 0.3 is 0 Å². The molecule has 0 spiro atoms. The van der Waals surface area contributed by atoms with Gasteiger partial charge in [0.15, 0.2) is 9.84 Å². The lowest BCUT2D eigenvalue weighted by Crippen LogP contribution is -2.41. The maximum Gasteiger partial charge on any atom is 0.153 e. The molecule has 0 amide bonds. The molecule has 0 heterocycles. The molecular weight excluding hydrogens is 293 g/mol. The molecule has 1 N–H and O–H groups in total. The molecule has 0 aliphatic carbocycles. The molecule has 0 bridgehead atoms. The van der Waals surface area contributed by atoms with Gasteiger partial charge in [-0.3, -0.25) is 0 Å². The van der Waals surface area contributed by atoms with Crippen LogP contribution >= 0.6 is 23.2 Å². The predicted octanol–water partition coefficient (Wildman–Crippen LogP) is 2.91. The fourth-order valence-corrected chi connectivity index (χ4v) is 1.97. The van der Waals surface area contributed by atoms with Gasteiger partial charge in [-0.1, -0.05) is 29.3 Å². The summed E-state index contributed by atoms with van der Waals surface area (Å²) in [6.07, 6.45) is 1.24. The molecule has 3 nitrogen and oxygen atoms in total. The molecule has 0 saturated carbocycles. The van der Waals surface area contributed by atoms with Crippen LogP contribution in [0.1, 0.15) is 19.4 Å². The van der Waals surface area contributed by atoms with Gasteiger partial charge in [-0.15, -0.1) is 0 Å². The monoisotopic (exact) mass is 309 g/mol. The van der Waals surface area contributed by atoms with Crippen LogP contribution in [0.25, 0.3) is 0 Å². The zero-order valence-electron chi connectivity index (χ0n) is 10.6. The van der Waals surface area contributed by atoms with Crippen LogP contribution in [0.5, 0.6) is 0 Å². The third-order valence-corrected chi connectivity index (χ3v) is 5.76. The first-order valence-electron chi connectivity index (χ1n) is 5.48. The summed E-state index contributed by atoms with van der Waals surface area (Å²) in [7, 11) is -3.08. The van der Waals surface area contributed by atoms with Crippen molar-refractivity contribution in [2.24, 2.45) is 0 Å². The van der Waals surface area contributed by atoms with Crippen molar-refractivity contribution in [3.05, 3.63) is 33.8 Å². The number of benzene rings is 1. The summed E-state index contributed by atoms with van der Waals surface area (Å²) >= 11 is 11.7. The van der Waals surface area contributed by atoms with Gasteiger partial charge in [0.25, 0.3) is 0 Å². The van der Waals surface area contributed by atoms with Gasteiger partial charge in [0.1, 0.15) is 0 Å². The van der Waals surface area contributed by atoms with Crippen LogP contribution < -0.4 is 5.32 Å². The van der Waals surface area contributed by atoms with E-state index in [9.17, 15) is 8.42 Å². The fraction of sp³-hybridized carbons (Fsp3) is 0.500.